The highest BCUT2D eigenvalue weighted by Gasteiger charge is 2.42. The van der Waals surface area contributed by atoms with Gasteiger partial charge in [0, 0.05) is 43.8 Å². The molecule has 0 saturated carbocycles. The van der Waals surface area contributed by atoms with Crippen molar-refractivity contribution in [1.82, 2.24) is 14.0 Å². The van der Waals surface area contributed by atoms with E-state index in [1.807, 2.05) is 11.9 Å². The fourth-order valence-electron chi connectivity index (χ4n) is 4.72. The number of anilines is 1. The molecular formula is C28H29F7N4O4. The number of rotatable bonds is 7. The van der Waals surface area contributed by atoms with Gasteiger partial charge in [-0.3, -0.25) is 14.0 Å². The Hall–Kier alpha value is -3.85. The minimum absolute atomic E-state index is 0.0577. The van der Waals surface area contributed by atoms with E-state index in [9.17, 15) is 40.3 Å². The van der Waals surface area contributed by atoms with E-state index in [2.05, 4.69) is 0 Å². The first kappa shape index (κ1) is 32.1. The summed E-state index contributed by atoms with van der Waals surface area (Å²) in [6.07, 6.45) is -9.69. The molecule has 2 aromatic carbocycles. The Balaban J connectivity index is 1.80. The molecule has 15 heteroatoms. The molecular weight excluding hydrogens is 589 g/mol. The number of hydrogen-bond acceptors (Lipinski definition) is 5. The number of benzene rings is 2. The van der Waals surface area contributed by atoms with E-state index in [0.29, 0.717) is 30.2 Å². The van der Waals surface area contributed by atoms with E-state index in [1.54, 1.807) is 0 Å². The van der Waals surface area contributed by atoms with Gasteiger partial charge >= 0.3 is 24.1 Å². The molecule has 0 aliphatic carbocycles. The molecule has 3 aromatic rings. The Labute approximate surface area is 241 Å². The summed E-state index contributed by atoms with van der Waals surface area (Å²) in [5, 5.41) is 0. The van der Waals surface area contributed by atoms with Gasteiger partial charge in [-0.2, -0.15) is 26.3 Å². The van der Waals surface area contributed by atoms with Gasteiger partial charge in [0.25, 0.3) is 0 Å². The van der Waals surface area contributed by atoms with E-state index in [-0.39, 0.29) is 24.4 Å². The van der Waals surface area contributed by atoms with Crippen LogP contribution in [0.25, 0.3) is 5.69 Å². The number of carbonyl (C=O) groups excluding carboxylic acids is 1. The molecule has 1 amide bonds. The molecule has 0 N–H and O–H groups in total. The third kappa shape index (κ3) is 7.39. The lowest BCUT2D eigenvalue weighted by Crippen LogP contribution is -2.40. The number of aromatic nitrogens is 2. The molecule has 1 aliphatic heterocycles. The Morgan fingerprint density at radius 1 is 1.07 bits per heavy atom. The lowest BCUT2D eigenvalue weighted by molar-refractivity contribution is -0.143. The van der Waals surface area contributed by atoms with Crippen LogP contribution in [0, 0.1) is 5.82 Å². The van der Waals surface area contributed by atoms with E-state index in [0.717, 1.165) is 34.3 Å². The average Bonchev–Trinajstić information content (AvgIpc) is 3.27. The summed E-state index contributed by atoms with van der Waals surface area (Å²) in [7, 11) is 1.89. The molecule has 43 heavy (non-hydrogen) atoms. The summed E-state index contributed by atoms with van der Waals surface area (Å²) >= 11 is 0. The molecule has 1 unspecified atom stereocenters. The minimum Gasteiger partial charge on any atom is -0.407 e. The molecule has 1 aromatic heterocycles. The number of ether oxygens (including phenoxy) is 2. The van der Waals surface area contributed by atoms with E-state index in [4.69, 9.17) is 9.47 Å². The van der Waals surface area contributed by atoms with Crippen molar-refractivity contribution in [3.05, 3.63) is 76.2 Å². The summed E-state index contributed by atoms with van der Waals surface area (Å²) in [5.41, 5.74) is -5.44. The quantitative estimate of drug-likeness (QED) is 0.306. The molecule has 0 spiro atoms. The fourth-order valence-corrected chi connectivity index (χ4v) is 4.72. The lowest BCUT2D eigenvalue weighted by Gasteiger charge is -2.30. The van der Waals surface area contributed by atoms with Gasteiger partial charge in [-0.05, 0) is 63.7 Å². The zero-order chi connectivity index (χ0) is 31.7. The first-order valence-electron chi connectivity index (χ1n) is 13.2. The van der Waals surface area contributed by atoms with Crippen molar-refractivity contribution in [2.24, 2.45) is 0 Å². The van der Waals surface area contributed by atoms with Crippen molar-refractivity contribution in [2.45, 2.75) is 51.3 Å². The number of halogens is 7. The van der Waals surface area contributed by atoms with Gasteiger partial charge in [0.15, 0.2) is 5.75 Å². The van der Waals surface area contributed by atoms with Crippen LogP contribution in [-0.2, 0) is 23.6 Å². The predicted molar refractivity (Wildman–Crippen MR) is 142 cm³/mol. The molecule has 1 fully saturated rings. The van der Waals surface area contributed by atoms with Gasteiger partial charge in [0.2, 0.25) is 0 Å². The molecule has 0 radical (unpaired) electrons. The third-order valence-electron chi connectivity index (χ3n) is 6.85. The highest BCUT2D eigenvalue weighted by molar-refractivity contribution is 5.90. The molecule has 2 heterocycles. The number of hydrogen-bond donors (Lipinski definition) is 0. The number of likely N-dealkylation sites (N-methyl/N-ethyl adjacent to an activating group) is 1. The standard InChI is InChI=1S/C28H29F7N4O4/c1-17(2)39(20-6-4-19(29)5-7-20)26(41)43-24-22(28(33,34)35)14-18(27(30,31)32)15-23(24)38-11-10-37(25(38)40)9-8-21-16-36(3)12-13-42-21/h4-7,10-11,14-15,17,21H,8-9,12-13,16H2,1-3H3. The van der Waals surface area contributed by atoms with Crippen molar-refractivity contribution in [3.63, 3.8) is 0 Å². The van der Waals surface area contributed by atoms with Crippen LogP contribution in [0.5, 0.6) is 5.75 Å². The van der Waals surface area contributed by atoms with E-state index in [1.165, 1.54) is 32.2 Å². The molecule has 1 aliphatic rings. The number of nitrogens with zero attached hydrogens (tertiary/aromatic N) is 4. The Morgan fingerprint density at radius 3 is 2.33 bits per heavy atom. The second kappa shape index (κ2) is 12.4. The van der Waals surface area contributed by atoms with Gasteiger partial charge in [-0.15, -0.1) is 0 Å². The molecule has 1 atom stereocenters. The van der Waals surface area contributed by atoms with Crippen molar-refractivity contribution in [3.8, 4) is 11.4 Å². The van der Waals surface area contributed by atoms with Crippen LogP contribution in [0.15, 0.2) is 53.6 Å². The highest BCUT2D eigenvalue weighted by Crippen LogP contribution is 2.44. The highest BCUT2D eigenvalue weighted by atomic mass is 19.4. The van der Waals surface area contributed by atoms with Gasteiger partial charge in [0.1, 0.15) is 11.4 Å². The SMILES string of the molecule is CC(C)N(C(=O)Oc1c(-n2ccn(CCC3CN(C)CCO3)c2=O)cc(C(F)(F)F)cc1C(F)(F)F)c1ccc(F)cc1. The number of carbonyl (C=O) groups is 1. The first-order valence-corrected chi connectivity index (χ1v) is 13.2. The van der Waals surface area contributed by atoms with Crippen molar-refractivity contribution in [2.75, 3.05) is 31.6 Å². The smallest absolute Gasteiger partial charge is 0.407 e. The molecule has 0 bridgehead atoms. The number of amides is 1. The summed E-state index contributed by atoms with van der Waals surface area (Å²) in [5.74, 6) is -1.94. The minimum atomic E-state index is -5.42. The molecule has 1 saturated heterocycles. The maximum absolute atomic E-state index is 14.2. The van der Waals surface area contributed by atoms with Gasteiger partial charge in [-0.25, -0.2) is 14.0 Å². The van der Waals surface area contributed by atoms with Crippen LogP contribution in [-0.4, -0.2) is 59.0 Å². The Bertz CT molecular complexity index is 1500. The summed E-state index contributed by atoms with van der Waals surface area (Å²) in [6, 6.07) is 3.82. The first-order chi connectivity index (χ1) is 20.1. The van der Waals surface area contributed by atoms with Crippen LogP contribution in [0.4, 0.5) is 41.2 Å². The van der Waals surface area contributed by atoms with Crippen LogP contribution < -0.4 is 15.3 Å². The van der Waals surface area contributed by atoms with Crippen molar-refractivity contribution in [1.29, 1.82) is 0 Å². The number of aryl methyl sites for hydroxylation is 1. The number of alkyl halides is 6. The van der Waals surface area contributed by atoms with Gasteiger partial charge in [0.05, 0.1) is 24.0 Å². The van der Waals surface area contributed by atoms with Crippen molar-refractivity contribution < 1.29 is 45.0 Å². The zero-order valence-corrected chi connectivity index (χ0v) is 23.4. The molecule has 4 rings (SSSR count). The average molecular weight is 619 g/mol. The predicted octanol–water partition coefficient (Wildman–Crippen LogP) is 5.95. The monoisotopic (exact) mass is 618 g/mol. The van der Waals surface area contributed by atoms with Crippen LogP contribution in [0.2, 0.25) is 0 Å². The summed E-state index contributed by atoms with van der Waals surface area (Å²) < 4.78 is 110. The van der Waals surface area contributed by atoms with Crippen LogP contribution in [0.1, 0.15) is 31.4 Å². The summed E-state index contributed by atoms with van der Waals surface area (Å²) in [6.45, 7) is 4.85. The van der Waals surface area contributed by atoms with Gasteiger partial charge in [-0.1, -0.05) is 0 Å². The normalized spacial score (nSPS) is 16.5. The Kier molecular flexibility index (Phi) is 9.25. The molecule has 234 valence electrons. The zero-order valence-electron chi connectivity index (χ0n) is 23.4. The lowest BCUT2D eigenvalue weighted by atomic mass is 10.1. The fraction of sp³-hybridized carbons (Fsp3) is 0.429. The maximum atomic E-state index is 14.2. The topological polar surface area (TPSA) is 68.9 Å². The van der Waals surface area contributed by atoms with E-state index < -0.39 is 58.6 Å². The second-order valence-electron chi connectivity index (χ2n) is 10.4. The summed E-state index contributed by atoms with van der Waals surface area (Å²) in [4.78, 5) is 29.5. The third-order valence-corrected chi connectivity index (χ3v) is 6.85. The van der Waals surface area contributed by atoms with Crippen LogP contribution >= 0.6 is 0 Å². The number of imidazole rings is 1. The Morgan fingerprint density at radius 2 is 1.74 bits per heavy atom. The van der Waals surface area contributed by atoms with Crippen LogP contribution in [0.3, 0.4) is 0 Å². The van der Waals surface area contributed by atoms with Crippen molar-refractivity contribution >= 4 is 11.8 Å². The van der Waals surface area contributed by atoms with Gasteiger partial charge < -0.3 is 14.4 Å². The second-order valence-corrected chi connectivity index (χ2v) is 10.4. The van der Waals surface area contributed by atoms with E-state index >= 15 is 0 Å². The maximum Gasteiger partial charge on any atom is 0.420 e. The molecule has 8 nitrogen and oxygen atoms in total. The number of morpholine rings is 1. The largest absolute Gasteiger partial charge is 0.420 e.